The fourth-order valence-corrected chi connectivity index (χ4v) is 4.77. The van der Waals surface area contributed by atoms with Crippen molar-refractivity contribution in [1.82, 2.24) is 0 Å². The summed E-state index contributed by atoms with van der Waals surface area (Å²) in [7, 11) is 0. The van der Waals surface area contributed by atoms with Crippen LogP contribution in [0.2, 0.25) is 0 Å². The highest BCUT2D eigenvalue weighted by Crippen LogP contribution is 2.19. The molecule has 0 saturated heterocycles. The van der Waals surface area contributed by atoms with Crippen molar-refractivity contribution in [3.05, 3.63) is 66.2 Å². The summed E-state index contributed by atoms with van der Waals surface area (Å²) >= 11 is 0. The largest absolute Gasteiger partial charge is 0.494 e. The SMILES string of the molecule is C=C(C)C(=O)OCCCCCCCCCCCOc1ccc(C=Nc2ccc(OCCCCCCCCCC)cc2)cc1. The van der Waals surface area contributed by atoms with Crippen LogP contribution >= 0.6 is 0 Å². The maximum absolute atomic E-state index is 11.3. The number of hydrogen-bond acceptors (Lipinski definition) is 5. The molecule has 2 aromatic rings. The van der Waals surface area contributed by atoms with Crippen LogP contribution in [-0.2, 0) is 9.53 Å². The number of carbonyl (C=O) groups excluding carboxylic acids is 1. The zero-order valence-corrected chi connectivity index (χ0v) is 27.1. The molecular formula is C38H57NO4. The number of nitrogens with zero attached hydrogens (tertiary/aromatic N) is 1. The number of hydrogen-bond donors (Lipinski definition) is 0. The first-order chi connectivity index (χ1) is 21.1. The molecule has 0 aliphatic rings. The standard InChI is InChI=1S/C38H57NO4/c1-4-5-6-7-8-12-15-19-30-42-37-27-23-35(24-28-37)39-32-34-21-25-36(26-22-34)41-29-18-16-13-10-9-11-14-17-20-31-43-38(40)33(2)3/h21-28,32H,2,4-20,29-31H2,1,3H3. The highest BCUT2D eigenvalue weighted by atomic mass is 16.5. The Balaban J connectivity index is 1.47. The van der Waals surface area contributed by atoms with Crippen LogP contribution in [-0.4, -0.2) is 32.0 Å². The van der Waals surface area contributed by atoms with Crippen LogP contribution in [0.3, 0.4) is 0 Å². The van der Waals surface area contributed by atoms with Crippen LogP contribution in [0.1, 0.15) is 129 Å². The van der Waals surface area contributed by atoms with Gasteiger partial charge >= 0.3 is 5.97 Å². The van der Waals surface area contributed by atoms with Gasteiger partial charge in [-0.15, -0.1) is 0 Å². The molecule has 43 heavy (non-hydrogen) atoms. The first-order valence-electron chi connectivity index (χ1n) is 16.9. The number of unbranched alkanes of at least 4 members (excludes halogenated alkanes) is 15. The third-order valence-electron chi connectivity index (χ3n) is 7.49. The Hall–Kier alpha value is -3.08. The van der Waals surface area contributed by atoms with Crippen LogP contribution < -0.4 is 9.47 Å². The lowest BCUT2D eigenvalue weighted by atomic mass is 10.1. The molecule has 0 amide bonds. The second-order valence-corrected chi connectivity index (χ2v) is 11.6. The molecule has 0 saturated carbocycles. The van der Waals surface area contributed by atoms with Crippen LogP contribution in [0.15, 0.2) is 65.7 Å². The van der Waals surface area contributed by atoms with Gasteiger partial charge in [0.15, 0.2) is 0 Å². The van der Waals surface area contributed by atoms with Gasteiger partial charge in [-0.3, -0.25) is 4.99 Å². The van der Waals surface area contributed by atoms with E-state index in [2.05, 4.69) is 18.5 Å². The summed E-state index contributed by atoms with van der Waals surface area (Å²) in [4.78, 5) is 15.9. The van der Waals surface area contributed by atoms with Gasteiger partial charge in [0, 0.05) is 11.8 Å². The normalized spacial score (nSPS) is 11.1. The predicted molar refractivity (Wildman–Crippen MR) is 181 cm³/mol. The molecule has 0 atom stereocenters. The lowest BCUT2D eigenvalue weighted by molar-refractivity contribution is -0.139. The van der Waals surface area contributed by atoms with Gasteiger partial charge in [0.2, 0.25) is 0 Å². The number of ether oxygens (including phenoxy) is 3. The quantitative estimate of drug-likeness (QED) is 0.0472. The van der Waals surface area contributed by atoms with Gasteiger partial charge in [-0.05, 0) is 80.3 Å². The van der Waals surface area contributed by atoms with E-state index in [9.17, 15) is 4.79 Å². The molecule has 2 aromatic carbocycles. The van der Waals surface area contributed by atoms with E-state index in [1.165, 1.54) is 83.5 Å². The Bertz CT molecular complexity index is 1010. The third kappa shape index (κ3) is 18.9. The summed E-state index contributed by atoms with van der Waals surface area (Å²) < 4.78 is 16.9. The van der Waals surface area contributed by atoms with Crippen LogP contribution in [0.25, 0.3) is 0 Å². The molecule has 0 unspecified atom stereocenters. The zero-order valence-electron chi connectivity index (χ0n) is 27.1. The second kappa shape index (κ2) is 24.4. The van der Waals surface area contributed by atoms with E-state index in [1.54, 1.807) is 6.92 Å². The number of benzene rings is 2. The van der Waals surface area contributed by atoms with E-state index in [-0.39, 0.29) is 5.97 Å². The Kier molecular flexibility index (Phi) is 20.5. The summed E-state index contributed by atoms with van der Waals surface area (Å²) in [6.07, 6.45) is 22.9. The zero-order chi connectivity index (χ0) is 30.8. The maximum atomic E-state index is 11.3. The number of rotatable bonds is 26. The minimum absolute atomic E-state index is 0.279. The summed E-state index contributed by atoms with van der Waals surface area (Å²) in [6, 6.07) is 16.1. The molecular weight excluding hydrogens is 534 g/mol. The van der Waals surface area contributed by atoms with Crippen LogP contribution in [0.5, 0.6) is 11.5 Å². The summed E-state index contributed by atoms with van der Waals surface area (Å²) in [5.74, 6) is 1.54. The first kappa shape index (κ1) is 36.1. The van der Waals surface area contributed by atoms with Crippen molar-refractivity contribution in [2.75, 3.05) is 19.8 Å². The molecule has 0 radical (unpaired) electrons. The van der Waals surface area contributed by atoms with Crippen molar-refractivity contribution in [3.8, 4) is 11.5 Å². The fourth-order valence-electron chi connectivity index (χ4n) is 4.77. The van der Waals surface area contributed by atoms with Crippen LogP contribution in [0, 0.1) is 0 Å². The minimum Gasteiger partial charge on any atom is -0.494 e. The van der Waals surface area contributed by atoms with E-state index in [0.29, 0.717) is 12.2 Å². The van der Waals surface area contributed by atoms with Gasteiger partial charge in [-0.2, -0.15) is 0 Å². The van der Waals surface area contributed by atoms with Crippen molar-refractivity contribution in [3.63, 3.8) is 0 Å². The predicted octanol–water partition coefficient (Wildman–Crippen LogP) is 11.0. The number of esters is 1. The Morgan fingerprint density at radius 1 is 0.628 bits per heavy atom. The summed E-state index contributed by atoms with van der Waals surface area (Å²) in [5.41, 5.74) is 2.44. The lowest BCUT2D eigenvalue weighted by Gasteiger charge is -2.07. The number of carbonyl (C=O) groups is 1. The highest BCUT2D eigenvalue weighted by molar-refractivity contribution is 5.86. The van der Waals surface area contributed by atoms with E-state index < -0.39 is 0 Å². The fraction of sp³-hybridized carbons (Fsp3) is 0.579. The van der Waals surface area contributed by atoms with Crippen molar-refractivity contribution >= 4 is 17.9 Å². The Morgan fingerprint density at radius 2 is 1.05 bits per heavy atom. The second-order valence-electron chi connectivity index (χ2n) is 11.6. The van der Waals surface area contributed by atoms with Crippen molar-refractivity contribution in [1.29, 1.82) is 0 Å². The van der Waals surface area contributed by atoms with E-state index in [1.807, 2.05) is 54.7 Å². The van der Waals surface area contributed by atoms with Crippen molar-refractivity contribution in [2.24, 2.45) is 4.99 Å². The lowest BCUT2D eigenvalue weighted by Crippen LogP contribution is -2.05. The monoisotopic (exact) mass is 591 g/mol. The average molecular weight is 592 g/mol. The molecule has 0 heterocycles. The van der Waals surface area contributed by atoms with Gasteiger partial charge in [-0.25, -0.2) is 4.79 Å². The van der Waals surface area contributed by atoms with Gasteiger partial charge in [0.25, 0.3) is 0 Å². The van der Waals surface area contributed by atoms with Gasteiger partial charge in [-0.1, -0.05) is 103 Å². The molecule has 238 valence electrons. The van der Waals surface area contributed by atoms with Crippen molar-refractivity contribution in [2.45, 2.75) is 123 Å². The smallest absolute Gasteiger partial charge is 0.333 e. The maximum Gasteiger partial charge on any atom is 0.333 e. The molecule has 5 heteroatoms. The Morgan fingerprint density at radius 3 is 1.51 bits per heavy atom. The Labute approximate surface area is 262 Å². The molecule has 0 aliphatic carbocycles. The average Bonchev–Trinajstić information content (AvgIpc) is 3.02. The van der Waals surface area contributed by atoms with Gasteiger partial charge < -0.3 is 14.2 Å². The molecule has 2 rings (SSSR count). The topological polar surface area (TPSA) is 57.1 Å². The van der Waals surface area contributed by atoms with E-state index in [0.717, 1.165) is 61.6 Å². The molecule has 5 nitrogen and oxygen atoms in total. The van der Waals surface area contributed by atoms with Crippen LogP contribution in [0.4, 0.5) is 5.69 Å². The molecule has 0 bridgehead atoms. The summed E-state index contributed by atoms with van der Waals surface area (Å²) in [5, 5.41) is 0. The van der Waals surface area contributed by atoms with Crippen molar-refractivity contribution < 1.29 is 19.0 Å². The molecule has 0 N–H and O–H groups in total. The van der Waals surface area contributed by atoms with E-state index in [4.69, 9.17) is 14.2 Å². The van der Waals surface area contributed by atoms with Gasteiger partial charge in [0.1, 0.15) is 11.5 Å². The third-order valence-corrected chi connectivity index (χ3v) is 7.49. The molecule has 0 fully saturated rings. The van der Waals surface area contributed by atoms with Gasteiger partial charge in [0.05, 0.1) is 25.5 Å². The number of aliphatic imine (C=N–C) groups is 1. The highest BCUT2D eigenvalue weighted by Gasteiger charge is 2.02. The molecule has 0 aliphatic heterocycles. The first-order valence-corrected chi connectivity index (χ1v) is 16.9. The molecule has 0 aromatic heterocycles. The van der Waals surface area contributed by atoms with E-state index >= 15 is 0 Å². The minimum atomic E-state index is -0.279. The summed E-state index contributed by atoms with van der Waals surface area (Å²) in [6.45, 7) is 9.58. The molecule has 0 spiro atoms.